The maximum Gasteiger partial charge on any atom is 0.136 e. The van der Waals surface area contributed by atoms with Crippen LogP contribution in [0, 0.1) is 0 Å². The molecule has 1 aliphatic heterocycles. The fourth-order valence-corrected chi connectivity index (χ4v) is 2.74. The first-order chi connectivity index (χ1) is 10.8. The molecule has 1 aromatic heterocycles. The molecule has 0 saturated carbocycles. The van der Waals surface area contributed by atoms with Gasteiger partial charge in [-0.05, 0) is 6.92 Å². The lowest BCUT2D eigenvalue weighted by atomic mass is 9.95. The lowest BCUT2D eigenvalue weighted by Crippen LogP contribution is -2.48. The molecule has 1 aliphatic rings. The number of aromatic nitrogens is 2. The number of rotatable bonds is 5. The second-order valence-corrected chi connectivity index (χ2v) is 7.36. The summed E-state index contributed by atoms with van der Waals surface area (Å²) in [5.41, 5.74) is 0.834. The molecule has 23 heavy (non-hydrogen) atoms. The minimum absolute atomic E-state index is 0.0906. The average molecular weight is 322 g/mol. The summed E-state index contributed by atoms with van der Waals surface area (Å²) >= 11 is 0. The predicted molar refractivity (Wildman–Crippen MR) is 91.8 cm³/mol. The van der Waals surface area contributed by atoms with Crippen LogP contribution in [0.2, 0.25) is 0 Å². The van der Waals surface area contributed by atoms with Gasteiger partial charge in [-0.1, -0.05) is 20.8 Å². The highest BCUT2D eigenvalue weighted by atomic mass is 16.5. The second-order valence-electron chi connectivity index (χ2n) is 7.36. The number of ether oxygens (including phenoxy) is 1. The molecular weight excluding hydrogens is 292 g/mol. The van der Waals surface area contributed by atoms with Crippen molar-refractivity contribution < 1.29 is 9.84 Å². The van der Waals surface area contributed by atoms with E-state index in [1.54, 1.807) is 7.11 Å². The Kier molecular flexibility index (Phi) is 5.95. The molecule has 0 aromatic carbocycles. The molecule has 0 aliphatic carbocycles. The Morgan fingerprint density at radius 1 is 1.22 bits per heavy atom. The van der Waals surface area contributed by atoms with Gasteiger partial charge < -0.3 is 14.7 Å². The Hall–Kier alpha value is -1.24. The molecule has 0 radical (unpaired) electrons. The Labute approximate surface area is 139 Å². The van der Waals surface area contributed by atoms with Crippen molar-refractivity contribution in [1.82, 2.24) is 14.9 Å². The molecule has 2 rings (SSSR count). The van der Waals surface area contributed by atoms with Crippen molar-refractivity contribution >= 4 is 5.82 Å². The third kappa shape index (κ3) is 5.12. The molecule has 0 amide bonds. The molecular formula is C17H30N4O2. The number of anilines is 1. The smallest absolute Gasteiger partial charge is 0.136 e. The van der Waals surface area contributed by atoms with Crippen molar-refractivity contribution in [3.8, 4) is 0 Å². The number of hydrogen-bond donors (Lipinski definition) is 1. The van der Waals surface area contributed by atoms with Crippen molar-refractivity contribution in [3.63, 3.8) is 0 Å². The van der Waals surface area contributed by atoms with Crippen LogP contribution in [0.4, 0.5) is 5.82 Å². The van der Waals surface area contributed by atoms with Gasteiger partial charge in [-0.2, -0.15) is 0 Å². The van der Waals surface area contributed by atoms with Crippen LogP contribution >= 0.6 is 0 Å². The van der Waals surface area contributed by atoms with Crippen LogP contribution in [-0.4, -0.2) is 65.9 Å². The van der Waals surface area contributed by atoms with Gasteiger partial charge in [0.1, 0.15) is 11.6 Å². The summed E-state index contributed by atoms with van der Waals surface area (Å²) in [4.78, 5) is 14.0. The van der Waals surface area contributed by atoms with E-state index in [-0.39, 0.29) is 11.5 Å². The van der Waals surface area contributed by atoms with Gasteiger partial charge in [0.25, 0.3) is 0 Å². The van der Waals surface area contributed by atoms with Crippen LogP contribution in [0.1, 0.15) is 39.2 Å². The van der Waals surface area contributed by atoms with E-state index >= 15 is 0 Å². The Morgan fingerprint density at radius 3 is 2.39 bits per heavy atom. The summed E-state index contributed by atoms with van der Waals surface area (Å²) in [5.74, 6) is 1.84. The third-order valence-electron chi connectivity index (χ3n) is 3.95. The van der Waals surface area contributed by atoms with E-state index < -0.39 is 0 Å². The quantitative estimate of drug-likeness (QED) is 0.885. The van der Waals surface area contributed by atoms with Crippen molar-refractivity contribution in [2.75, 3.05) is 44.7 Å². The molecule has 1 saturated heterocycles. The molecule has 1 N–H and O–H groups in total. The maximum atomic E-state index is 9.52. The van der Waals surface area contributed by atoms with Crippen LogP contribution in [0.3, 0.4) is 0 Å². The van der Waals surface area contributed by atoms with Crippen molar-refractivity contribution in [1.29, 1.82) is 0 Å². The van der Waals surface area contributed by atoms with E-state index in [1.165, 1.54) is 0 Å². The highest BCUT2D eigenvalue weighted by molar-refractivity contribution is 5.41. The first-order valence-electron chi connectivity index (χ1n) is 8.32. The van der Waals surface area contributed by atoms with E-state index in [9.17, 15) is 5.11 Å². The second kappa shape index (κ2) is 7.55. The Balaban J connectivity index is 2.14. The van der Waals surface area contributed by atoms with Gasteiger partial charge in [-0.25, -0.2) is 9.97 Å². The number of hydrogen-bond acceptors (Lipinski definition) is 6. The van der Waals surface area contributed by atoms with E-state index in [0.717, 1.165) is 50.1 Å². The molecule has 0 unspecified atom stereocenters. The highest BCUT2D eigenvalue weighted by Gasteiger charge is 2.23. The first-order valence-corrected chi connectivity index (χ1v) is 8.32. The third-order valence-corrected chi connectivity index (χ3v) is 3.95. The largest absolute Gasteiger partial charge is 0.392 e. The molecule has 1 atom stereocenters. The van der Waals surface area contributed by atoms with E-state index in [2.05, 4.69) is 35.6 Å². The Morgan fingerprint density at radius 2 is 1.87 bits per heavy atom. The fourth-order valence-electron chi connectivity index (χ4n) is 2.74. The summed E-state index contributed by atoms with van der Waals surface area (Å²) in [6, 6.07) is 2.03. The fraction of sp³-hybridized carbons (Fsp3) is 0.765. The van der Waals surface area contributed by atoms with Crippen molar-refractivity contribution in [2.45, 2.75) is 45.8 Å². The summed E-state index contributed by atoms with van der Waals surface area (Å²) < 4.78 is 5.25. The summed E-state index contributed by atoms with van der Waals surface area (Å²) in [7, 11) is 1.69. The zero-order chi connectivity index (χ0) is 17.0. The van der Waals surface area contributed by atoms with Crippen molar-refractivity contribution in [3.05, 3.63) is 17.6 Å². The number of methoxy groups -OCH3 is 1. The number of piperazine rings is 1. The predicted octanol–water partition coefficient (Wildman–Crippen LogP) is 1.42. The minimum atomic E-state index is -0.276. The summed E-state index contributed by atoms with van der Waals surface area (Å²) in [6.07, 6.45) is -0.276. The molecule has 1 fully saturated rings. The summed E-state index contributed by atoms with van der Waals surface area (Å²) in [5, 5.41) is 9.52. The minimum Gasteiger partial charge on any atom is -0.392 e. The van der Waals surface area contributed by atoms with Crippen LogP contribution in [0.25, 0.3) is 0 Å². The SMILES string of the molecule is COCc1cc(N2CCN(C[C@@H](C)O)CC2)nc(C(C)(C)C)n1. The molecule has 6 heteroatoms. The number of aliphatic hydroxyl groups is 1. The maximum absolute atomic E-state index is 9.52. The highest BCUT2D eigenvalue weighted by Crippen LogP contribution is 2.23. The zero-order valence-corrected chi connectivity index (χ0v) is 15.0. The number of nitrogens with zero attached hydrogens (tertiary/aromatic N) is 4. The normalized spacial score (nSPS) is 18.3. The van der Waals surface area contributed by atoms with Crippen LogP contribution < -0.4 is 4.90 Å². The van der Waals surface area contributed by atoms with Crippen molar-refractivity contribution in [2.24, 2.45) is 0 Å². The standard InChI is InChI=1S/C17H30N4O2/c1-13(22)11-20-6-8-21(9-7-20)15-10-14(12-23-5)18-16(19-15)17(2,3)4/h10,13,22H,6-9,11-12H2,1-5H3/t13-/m1/s1. The lowest BCUT2D eigenvalue weighted by Gasteiger charge is -2.36. The van der Waals surface area contributed by atoms with Gasteiger partial charge in [0, 0.05) is 51.3 Å². The lowest BCUT2D eigenvalue weighted by molar-refractivity contribution is 0.122. The first kappa shape index (κ1) is 18.1. The van der Waals surface area contributed by atoms with Gasteiger partial charge in [0.2, 0.25) is 0 Å². The summed E-state index contributed by atoms with van der Waals surface area (Å²) in [6.45, 7) is 13.2. The van der Waals surface area contributed by atoms with Crippen LogP contribution in [0.5, 0.6) is 0 Å². The van der Waals surface area contributed by atoms with Gasteiger partial charge >= 0.3 is 0 Å². The van der Waals surface area contributed by atoms with Crippen LogP contribution in [0.15, 0.2) is 6.07 Å². The molecule has 0 bridgehead atoms. The van der Waals surface area contributed by atoms with Gasteiger partial charge in [-0.3, -0.25) is 4.90 Å². The molecule has 0 spiro atoms. The number of aliphatic hydroxyl groups excluding tert-OH is 1. The molecule has 130 valence electrons. The number of β-amino-alcohol motifs (C(OH)–C–C–N with tert-alkyl or cyclic N) is 1. The van der Waals surface area contributed by atoms with E-state index in [1.807, 2.05) is 13.0 Å². The van der Waals surface area contributed by atoms with Gasteiger partial charge in [0.15, 0.2) is 0 Å². The van der Waals surface area contributed by atoms with Crippen LogP contribution in [-0.2, 0) is 16.8 Å². The topological polar surface area (TPSA) is 61.7 Å². The van der Waals surface area contributed by atoms with E-state index in [0.29, 0.717) is 6.61 Å². The monoisotopic (exact) mass is 322 g/mol. The zero-order valence-electron chi connectivity index (χ0n) is 15.0. The molecule has 2 heterocycles. The van der Waals surface area contributed by atoms with Gasteiger partial charge in [0.05, 0.1) is 18.4 Å². The average Bonchev–Trinajstić information content (AvgIpc) is 2.46. The van der Waals surface area contributed by atoms with E-state index in [4.69, 9.17) is 9.72 Å². The van der Waals surface area contributed by atoms with Gasteiger partial charge in [-0.15, -0.1) is 0 Å². The molecule has 1 aromatic rings. The molecule has 6 nitrogen and oxygen atoms in total. The Bertz CT molecular complexity index is 506.